The molecule has 4 rings (SSSR count). The molecule has 138 valence electrons. The summed E-state index contributed by atoms with van der Waals surface area (Å²) >= 11 is 0. The van der Waals surface area contributed by atoms with Gasteiger partial charge >= 0.3 is 0 Å². The molecule has 1 fully saturated rings. The van der Waals surface area contributed by atoms with Gasteiger partial charge in [0.25, 0.3) is 5.91 Å². The van der Waals surface area contributed by atoms with Crippen LogP contribution in [0.4, 0.5) is 0 Å². The van der Waals surface area contributed by atoms with Gasteiger partial charge in [-0.1, -0.05) is 24.4 Å². The predicted molar refractivity (Wildman–Crippen MR) is 93.3 cm³/mol. The van der Waals surface area contributed by atoms with E-state index in [1.54, 1.807) is 25.1 Å². The lowest BCUT2D eigenvalue weighted by Gasteiger charge is -2.35. The molecule has 0 spiro atoms. The molecule has 2 aromatic rings. The zero-order valence-corrected chi connectivity index (χ0v) is 14.9. The molecule has 1 aliphatic carbocycles. The number of hydrogen-bond donors (Lipinski definition) is 1. The molecule has 0 saturated heterocycles. The normalized spacial score (nSPS) is 18.8. The Morgan fingerprint density at radius 2 is 1.85 bits per heavy atom. The number of rotatable bonds is 3. The van der Waals surface area contributed by atoms with Gasteiger partial charge in [0.05, 0.1) is 13.2 Å². The van der Waals surface area contributed by atoms with Crippen molar-refractivity contribution in [2.45, 2.75) is 51.0 Å². The number of aromatic nitrogens is 2. The van der Waals surface area contributed by atoms with Gasteiger partial charge in [0.2, 0.25) is 5.89 Å². The SMILES string of the molecule is Cc1nc(C2(NC(=O)c3ccc4c(c3)OCCCO4)CCCCC2)no1. The largest absolute Gasteiger partial charge is 0.490 e. The number of carbonyl (C=O) groups is 1. The van der Waals surface area contributed by atoms with E-state index in [1.807, 2.05) is 0 Å². The van der Waals surface area contributed by atoms with Crippen LogP contribution in [0.15, 0.2) is 22.7 Å². The smallest absolute Gasteiger partial charge is 0.252 e. The lowest BCUT2D eigenvalue weighted by molar-refractivity contribution is 0.0855. The van der Waals surface area contributed by atoms with Crippen molar-refractivity contribution in [3.63, 3.8) is 0 Å². The Labute approximate surface area is 152 Å². The van der Waals surface area contributed by atoms with Crippen LogP contribution in [0.1, 0.15) is 60.6 Å². The maximum Gasteiger partial charge on any atom is 0.252 e. The molecule has 1 aliphatic heterocycles. The molecule has 1 aromatic heterocycles. The monoisotopic (exact) mass is 357 g/mol. The third-order valence-corrected chi connectivity index (χ3v) is 5.03. The molecule has 1 amide bonds. The maximum absolute atomic E-state index is 13.0. The van der Waals surface area contributed by atoms with Gasteiger partial charge in [-0.15, -0.1) is 0 Å². The van der Waals surface area contributed by atoms with Crippen molar-refractivity contribution in [1.29, 1.82) is 0 Å². The summed E-state index contributed by atoms with van der Waals surface area (Å²) in [4.78, 5) is 17.4. The first-order chi connectivity index (χ1) is 12.7. The van der Waals surface area contributed by atoms with Gasteiger partial charge in [0.1, 0.15) is 5.54 Å². The van der Waals surface area contributed by atoms with Gasteiger partial charge in [-0.25, -0.2) is 0 Å². The second-order valence-corrected chi connectivity index (χ2v) is 6.95. The molecule has 7 heteroatoms. The first kappa shape index (κ1) is 16.9. The van der Waals surface area contributed by atoms with Crippen LogP contribution in [0, 0.1) is 6.92 Å². The average molecular weight is 357 g/mol. The van der Waals surface area contributed by atoms with Crippen LogP contribution in [0.2, 0.25) is 0 Å². The number of hydrogen-bond acceptors (Lipinski definition) is 6. The van der Waals surface area contributed by atoms with Crippen LogP contribution in [0.25, 0.3) is 0 Å². The molecule has 0 unspecified atom stereocenters. The molecule has 0 radical (unpaired) electrons. The van der Waals surface area contributed by atoms with E-state index in [4.69, 9.17) is 14.0 Å². The summed E-state index contributed by atoms with van der Waals surface area (Å²) in [5.74, 6) is 2.21. The molecule has 0 bridgehead atoms. The highest BCUT2D eigenvalue weighted by Crippen LogP contribution is 2.36. The first-order valence-corrected chi connectivity index (χ1v) is 9.19. The third kappa shape index (κ3) is 3.25. The Morgan fingerprint density at radius 3 is 2.58 bits per heavy atom. The van der Waals surface area contributed by atoms with E-state index in [1.165, 1.54) is 0 Å². The van der Waals surface area contributed by atoms with Crippen molar-refractivity contribution in [2.75, 3.05) is 13.2 Å². The molecule has 1 aromatic carbocycles. The summed E-state index contributed by atoms with van der Waals surface area (Å²) in [5, 5.41) is 7.28. The molecule has 2 heterocycles. The van der Waals surface area contributed by atoms with E-state index in [0.717, 1.165) is 38.5 Å². The van der Waals surface area contributed by atoms with E-state index < -0.39 is 5.54 Å². The van der Waals surface area contributed by atoms with Crippen molar-refractivity contribution >= 4 is 5.91 Å². The van der Waals surface area contributed by atoms with Crippen molar-refractivity contribution in [3.8, 4) is 11.5 Å². The summed E-state index contributed by atoms with van der Waals surface area (Å²) < 4.78 is 16.5. The molecular formula is C19H23N3O4. The van der Waals surface area contributed by atoms with Crippen molar-refractivity contribution in [3.05, 3.63) is 35.5 Å². The van der Waals surface area contributed by atoms with Crippen molar-refractivity contribution < 1.29 is 18.8 Å². The number of aryl methyl sites for hydroxylation is 1. The molecule has 2 aliphatic rings. The lowest BCUT2D eigenvalue weighted by atomic mass is 9.80. The van der Waals surface area contributed by atoms with Crippen molar-refractivity contribution in [2.24, 2.45) is 0 Å². The number of ether oxygens (including phenoxy) is 2. The minimum absolute atomic E-state index is 0.162. The zero-order chi connectivity index (χ0) is 18.0. The zero-order valence-electron chi connectivity index (χ0n) is 14.9. The highest BCUT2D eigenvalue weighted by atomic mass is 16.5. The second kappa shape index (κ2) is 6.97. The Hall–Kier alpha value is -2.57. The van der Waals surface area contributed by atoms with Crippen LogP contribution < -0.4 is 14.8 Å². The Morgan fingerprint density at radius 1 is 1.08 bits per heavy atom. The first-order valence-electron chi connectivity index (χ1n) is 9.19. The van der Waals surface area contributed by atoms with E-state index in [9.17, 15) is 4.79 Å². The number of amides is 1. The fraction of sp³-hybridized carbons (Fsp3) is 0.526. The van der Waals surface area contributed by atoms with E-state index in [2.05, 4.69) is 15.5 Å². The maximum atomic E-state index is 13.0. The molecule has 1 saturated carbocycles. The van der Waals surface area contributed by atoms with Crippen LogP contribution >= 0.6 is 0 Å². The summed E-state index contributed by atoms with van der Waals surface area (Å²) in [7, 11) is 0. The molecule has 26 heavy (non-hydrogen) atoms. The van der Waals surface area contributed by atoms with Gasteiger partial charge in [0.15, 0.2) is 17.3 Å². The van der Waals surface area contributed by atoms with Crippen LogP contribution in [-0.4, -0.2) is 29.3 Å². The second-order valence-electron chi connectivity index (χ2n) is 6.95. The number of nitrogens with zero attached hydrogens (tertiary/aromatic N) is 2. The Balaban J connectivity index is 1.60. The molecule has 0 atom stereocenters. The lowest BCUT2D eigenvalue weighted by Crippen LogP contribution is -2.48. The van der Waals surface area contributed by atoms with Gasteiger partial charge in [-0.3, -0.25) is 4.79 Å². The summed E-state index contributed by atoms with van der Waals surface area (Å²) in [5.41, 5.74) is -0.0311. The number of carbonyl (C=O) groups excluding carboxylic acids is 1. The van der Waals surface area contributed by atoms with E-state index in [0.29, 0.717) is 42.0 Å². The quantitative estimate of drug-likeness (QED) is 0.908. The van der Waals surface area contributed by atoms with Crippen LogP contribution in [0.5, 0.6) is 11.5 Å². The molecule has 1 N–H and O–H groups in total. The average Bonchev–Trinajstić information content (AvgIpc) is 2.97. The van der Waals surface area contributed by atoms with Gasteiger partial charge in [-0.05, 0) is 31.0 Å². The fourth-order valence-electron chi connectivity index (χ4n) is 3.65. The predicted octanol–water partition coefficient (Wildman–Crippen LogP) is 3.13. The Kier molecular flexibility index (Phi) is 4.53. The van der Waals surface area contributed by atoms with Crippen LogP contribution in [0.3, 0.4) is 0 Å². The molecular weight excluding hydrogens is 334 g/mol. The fourth-order valence-corrected chi connectivity index (χ4v) is 3.65. The van der Waals surface area contributed by atoms with Crippen LogP contribution in [-0.2, 0) is 5.54 Å². The minimum atomic E-state index is -0.572. The molecule has 7 nitrogen and oxygen atoms in total. The van der Waals surface area contributed by atoms with E-state index in [-0.39, 0.29) is 5.91 Å². The third-order valence-electron chi connectivity index (χ3n) is 5.03. The van der Waals surface area contributed by atoms with Gasteiger partial charge < -0.3 is 19.3 Å². The highest BCUT2D eigenvalue weighted by Gasteiger charge is 2.40. The highest BCUT2D eigenvalue weighted by molar-refractivity contribution is 5.95. The van der Waals surface area contributed by atoms with Gasteiger partial charge in [-0.2, -0.15) is 4.98 Å². The number of nitrogens with one attached hydrogen (secondary N) is 1. The summed E-state index contributed by atoms with van der Waals surface area (Å²) in [6.45, 7) is 2.97. The van der Waals surface area contributed by atoms with E-state index >= 15 is 0 Å². The van der Waals surface area contributed by atoms with Gasteiger partial charge in [0, 0.05) is 18.9 Å². The summed E-state index contributed by atoms with van der Waals surface area (Å²) in [6, 6.07) is 5.30. The standard InChI is InChI=1S/C19H23N3O4/c1-13-20-18(22-26-13)19(8-3-2-4-9-19)21-17(23)14-6-7-15-16(12-14)25-11-5-10-24-15/h6-7,12H,2-5,8-11H2,1H3,(H,21,23). The van der Waals surface area contributed by atoms with Crippen molar-refractivity contribution in [1.82, 2.24) is 15.5 Å². The summed E-state index contributed by atoms with van der Waals surface area (Å²) in [6.07, 6.45) is 5.64. The topological polar surface area (TPSA) is 86.5 Å². The minimum Gasteiger partial charge on any atom is -0.490 e. The Bertz CT molecular complexity index is 796. The number of benzene rings is 1. The number of fused-ring (bicyclic) bond motifs is 1.